The van der Waals surface area contributed by atoms with Gasteiger partial charge in [0.2, 0.25) is 0 Å². The van der Waals surface area contributed by atoms with Crippen LogP contribution in [0.2, 0.25) is 0 Å². The van der Waals surface area contributed by atoms with Crippen LogP contribution >= 0.6 is 11.8 Å². The van der Waals surface area contributed by atoms with Crippen LogP contribution in [0.4, 0.5) is 9.18 Å². The Morgan fingerprint density at radius 1 is 1.33 bits per heavy atom. The van der Waals surface area contributed by atoms with Crippen LogP contribution in [0, 0.1) is 5.82 Å². The molecule has 2 heterocycles. The Morgan fingerprint density at radius 3 is 2.81 bits per heavy atom. The molecule has 114 valence electrons. The number of fused-ring (bicyclic) bond motifs is 2. The number of thioether (sulfide) groups is 1. The van der Waals surface area contributed by atoms with Crippen molar-refractivity contribution in [2.45, 2.75) is 42.4 Å². The van der Waals surface area contributed by atoms with E-state index >= 15 is 0 Å². The zero-order valence-corrected chi connectivity index (χ0v) is 12.5. The lowest BCUT2D eigenvalue weighted by molar-refractivity contribution is 0.0981. The number of benzene rings is 1. The molecule has 2 fully saturated rings. The third-order valence-electron chi connectivity index (χ3n) is 3.89. The summed E-state index contributed by atoms with van der Waals surface area (Å²) in [5.41, 5.74) is 0. The highest BCUT2D eigenvalue weighted by Gasteiger charge is 2.41. The number of nitrogens with one attached hydrogen (secondary N) is 2. The van der Waals surface area contributed by atoms with Gasteiger partial charge in [-0.05, 0) is 43.5 Å². The van der Waals surface area contributed by atoms with Crippen LogP contribution in [0.1, 0.15) is 19.3 Å². The van der Waals surface area contributed by atoms with E-state index < -0.39 is 0 Å². The summed E-state index contributed by atoms with van der Waals surface area (Å²) in [4.78, 5) is 12.8. The van der Waals surface area contributed by atoms with Gasteiger partial charge in [0.25, 0.3) is 0 Å². The Bertz CT molecular complexity index is 497. The summed E-state index contributed by atoms with van der Waals surface area (Å²) in [7, 11) is 0. The van der Waals surface area contributed by atoms with Gasteiger partial charge in [-0.3, -0.25) is 0 Å². The second-order valence-corrected chi connectivity index (χ2v) is 6.59. The highest BCUT2D eigenvalue weighted by molar-refractivity contribution is 7.99. The van der Waals surface area contributed by atoms with Crippen molar-refractivity contribution in [2.24, 2.45) is 0 Å². The maximum absolute atomic E-state index is 12.8. The third-order valence-corrected chi connectivity index (χ3v) is 4.91. The summed E-state index contributed by atoms with van der Waals surface area (Å²) in [6, 6.07) is 6.40. The molecule has 2 bridgehead atoms. The van der Waals surface area contributed by atoms with E-state index in [1.165, 1.54) is 12.1 Å². The second kappa shape index (κ2) is 6.66. The van der Waals surface area contributed by atoms with E-state index in [-0.39, 0.29) is 24.0 Å². The van der Waals surface area contributed by atoms with Gasteiger partial charge in [0.15, 0.2) is 0 Å². The molecule has 0 spiro atoms. The molecule has 2 amide bonds. The van der Waals surface area contributed by atoms with Crippen LogP contribution in [0.5, 0.6) is 0 Å². The molecule has 0 radical (unpaired) electrons. The first-order chi connectivity index (χ1) is 10.2. The molecule has 3 atom stereocenters. The lowest BCUT2D eigenvalue weighted by atomic mass is 9.96. The molecule has 2 aliphatic rings. The fourth-order valence-electron chi connectivity index (χ4n) is 2.87. The maximum atomic E-state index is 12.8. The summed E-state index contributed by atoms with van der Waals surface area (Å²) in [6.07, 6.45) is 3.65. The van der Waals surface area contributed by atoms with Crippen molar-refractivity contribution < 1.29 is 13.9 Å². The normalized spacial score (nSPS) is 26.8. The molecule has 2 N–H and O–H groups in total. The summed E-state index contributed by atoms with van der Waals surface area (Å²) in [6.45, 7) is 0.579. The summed E-state index contributed by atoms with van der Waals surface area (Å²) >= 11 is 1.59. The first-order valence-electron chi connectivity index (χ1n) is 7.29. The fraction of sp³-hybridized carbons (Fsp3) is 0.533. The van der Waals surface area contributed by atoms with E-state index in [0.717, 1.165) is 29.9 Å². The summed E-state index contributed by atoms with van der Waals surface area (Å²) in [5.74, 6) is 0.525. The summed E-state index contributed by atoms with van der Waals surface area (Å²) < 4.78 is 18.5. The SMILES string of the molecule is O=C(NCCSc1ccc(F)cc1)N[C@@H]1C[C@H]2CC[C@H]1O2. The van der Waals surface area contributed by atoms with E-state index in [2.05, 4.69) is 10.6 Å². The minimum absolute atomic E-state index is 0.129. The van der Waals surface area contributed by atoms with Gasteiger partial charge in [-0.15, -0.1) is 11.8 Å². The lowest BCUT2D eigenvalue weighted by Gasteiger charge is -2.20. The van der Waals surface area contributed by atoms with Gasteiger partial charge < -0.3 is 15.4 Å². The van der Waals surface area contributed by atoms with Gasteiger partial charge in [0.05, 0.1) is 18.2 Å². The van der Waals surface area contributed by atoms with Gasteiger partial charge in [-0.2, -0.15) is 0 Å². The Morgan fingerprint density at radius 2 is 2.14 bits per heavy atom. The van der Waals surface area contributed by atoms with Crippen LogP contribution in [-0.2, 0) is 4.74 Å². The monoisotopic (exact) mass is 310 g/mol. The highest BCUT2D eigenvalue weighted by Crippen LogP contribution is 2.34. The molecular weight excluding hydrogens is 291 g/mol. The van der Waals surface area contributed by atoms with Crippen LogP contribution in [0.15, 0.2) is 29.2 Å². The highest BCUT2D eigenvalue weighted by atomic mass is 32.2. The molecule has 0 saturated carbocycles. The number of carbonyl (C=O) groups excluding carboxylic acids is 1. The number of halogens is 1. The number of rotatable bonds is 5. The number of urea groups is 1. The molecular formula is C15H19FN2O2S. The van der Waals surface area contributed by atoms with Crippen molar-refractivity contribution in [1.82, 2.24) is 10.6 Å². The molecule has 2 saturated heterocycles. The van der Waals surface area contributed by atoms with E-state index in [1.807, 2.05) is 0 Å². The van der Waals surface area contributed by atoms with Crippen molar-refractivity contribution in [2.75, 3.05) is 12.3 Å². The van der Waals surface area contributed by atoms with Gasteiger partial charge in [0.1, 0.15) is 5.82 Å². The van der Waals surface area contributed by atoms with Gasteiger partial charge in [0, 0.05) is 17.2 Å². The molecule has 1 aromatic carbocycles. The van der Waals surface area contributed by atoms with Crippen molar-refractivity contribution in [1.29, 1.82) is 0 Å². The standard InChI is InChI=1S/C15H19FN2O2S/c16-10-1-4-12(5-2-10)21-8-7-17-15(19)18-13-9-11-3-6-14(13)20-11/h1-2,4-5,11,13-14H,3,6-9H2,(H2,17,18,19)/t11-,13-,14-/m1/s1. The average Bonchev–Trinajstić information content (AvgIpc) is 3.08. The minimum atomic E-state index is -0.232. The predicted octanol–water partition coefficient (Wildman–Crippen LogP) is 2.54. The number of hydrogen-bond donors (Lipinski definition) is 2. The van der Waals surface area contributed by atoms with E-state index in [0.29, 0.717) is 12.6 Å². The van der Waals surface area contributed by atoms with Gasteiger partial charge in [-0.1, -0.05) is 0 Å². The van der Waals surface area contributed by atoms with Crippen LogP contribution < -0.4 is 10.6 Å². The average molecular weight is 310 g/mol. The number of ether oxygens (including phenoxy) is 1. The smallest absolute Gasteiger partial charge is 0.315 e. The van der Waals surface area contributed by atoms with Crippen LogP contribution in [-0.4, -0.2) is 36.6 Å². The largest absolute Gasteiger partial charge is 0.373 e. The van der Waals surface area contributed by atoms with Crippen molar-refractivity contribution >= 4 is 17.8 Å². The number of hydrogen-bond acceptors (Lipinski definition) is 3. The molecule has 0 aromatic heterocycles. The molecule has 0 aliphatic carbocycles. The van der Waals surface area contributed by atoms with Crippen LogP contribution in [0.3, 0.4) is 0 Å². The van der Waals surface area contributed by atoms with Crippen molar-refractivity contribution in [3.63, 3.8) is 0 Å². The Labute approximate surface area is 127 Å². The van der Waals surface area contributed by atoms with E-state index in [9.17, 15) is 9.18 Å². The molecule has 4 nitrogen and oxygen atoms in total. The zero-order valence-electron chi connectivity index (χ0n) is 11.7. The molecule has 0 unspecified atom stereocenters. The third kappa shape index (κ3) is 3.89. The second-order valence-electron chi connectivity index (χ2n) is 5.42. The Kier molecular flexibility index (Phi) is 4.65. The first-order valence-corrected chi connectivity index (χ1v) is 8.27. The molecule has 1 aromatic rings. The lowest BCUT2D eigenvalue weighted by Crippen LogP contribution is -2.46. The van der Waals surface area contributed by atoms with Crippen molar-refractivity contribution in [3.8, 4) is 0 Å². The molecule has 21 heavy (non-hydrogen) atoms. The van der Waals surface area contributed by atoms with Crippen LogP contribution in [0.25, 0.3) is 0 Å². The maximum Gasteiger partial charge on any atom is 0.315 e. The Hall–Kier alpha value is -1.27. The van der Waals surface area contributed by atoms with E-state index in [4.69, 9.17) is 4.74 Å². The molecule has 6 heteroatoms. The minimum Gasteiger partial charge on any atom is -0.373 e. The molecule has 3 rings (SSSR count). The topological polar surface area (TPSA) is 50.4 Å². The zero-order chi connectivity index (χ0) is 14.7. The fourth-order valence-corrected chi connectivity index (χ4v) is 3.64. The summed E-state index contributed by atoms with van der Waals surface area (Å²) in [5, 5.41) is 5.83. The Balaban J connectivity index is 1.32. The first kappa shape index (κ1) is 14.7. The van der Waals surface area contributed by atoms with E-state index in [1.54, 1.807) is 23.9 Å². The van der Waals surface area contributed by atoms with Gasteiger partial charge in [-0.25, -0.2) is 9.18 Å². The van der Waals surface area contributed by atoms with Crippen molar-refractivity contribution in [3.05, 3.63) is 30.1 Å². The number of amides is 2. The quantitative estimate of drug-likeness (QED) is 0.649. The number of carbonyl (C=O) groups is 1. The van der Waals surface area contributed by atoms with Gasteiger partial charge >= 0.3 is 6.03 Å². The predicted molar refractivity (Wildman–Crippen MR) is 80.0 cm³/mol. The molecule has 2 aliphatic heterocycles.